The predicted octanol–water partition coefficient (Wildman–Crippen LogP) is 4.38. The Kier molecular flexibility index (Phi) is 6.63. The van der Waals surface area contributed by atoms with Gasteiger partial charge in [-0.1, -0.05) is 43.0 Å². The van der Waals surface area contributed by atoms with Gasteiger partial charge in [-0.15, -0.1) is 0 Å². The van der Waals surface area contributed by atoms with Crippen molar-refractivity contribution in [2.24, 2.45) is 0 Å². The molecule has 0 aliphatic rings. The van der Waals surface area contributed by atoms with Gasteiger partial charge < -0.3 is 10.1 Å². The van der Waals surface area contributed by atoms with Crippen LogP contribution < -0.4 is 10.1 Å². The second kappa shape index (κ2) is 9.55. The molecule has 5 heteroatoms. The summed E-state index contributed by atoms with van der Waals surface area (Å²) in [6, 6.07) is 17.5. The van der Waals surface area contributed by atoms with Crippen molar-refractivity contribution in [3.63, 3.8) is 0 Å². The molecule has 2 aromatic carbocycles. The number of carbonyl (C=O) groups is 1. The van der Waals surface area contributed by atoms with Crippen molar-refractivity contribution in [3.8, 4) is 11.4 Å². The minimum atomic E-state index is -0.150. The Morgan fingerprint density at radius 1 is 1.14 bits per heavy atom. The van der Waals surface area contributed by atoms with Crippen molar-refractivity contribution in [2.75, 3.05) is 6.61 Å². The van der Waals surface area contributed by atoms with Crippen LogP contribution in [0.2, 0.25) is 0 Å². The number of rotatable bonds is 8. The topological polar surface area (TPSA) is 56.1 Å². The normalized spacial score (nSPS) is 10.8. The lowest BCUT2D eigenvalue weighted by atomic mass is 10.2. The number of para-hydroxylation sites is 1. The number of aryl methyl sites for hydroxylation is 1. The minimum absolute atomic E-state index is 0.150. The Morgan fingerprint density at radius 3 is 2.55 bits per heavy atom. The summed E-state index contributed by atoms with van der Waals surface area (Å²) in [4.78, 5) is 12.2. The van der Waals surface area contributed by atoms with Crippen LogP contribution in [-0.2, 0) is 11.3 Å². The molecule has 3 aromatic rings. The maximum Gasteiger partial charge on any atom is 0.244 e. The van der Waals surface area contributed by atoms with Gasteiger partial charge in [0.25, 0.3) is 0 Å². The number of hydrogen-bond donors (Lipinski definition) is 1. The Bertz CT molecular complexity index is 1000. The number of nitrogens with one attached hydrogen (secondary N) is 1. The Balaban J connectivity index is 1.60. The molecular formula is C24H25N3O2. The first-order valence-corrected chi connectivity index (χ1v) is 9.48. The Hall–Kier alpha value is -3.60. The molecule has 0 fully saturated rings. The maximum atomic E-state index is 12.2. The average Bonchev–Trinajstić information content (AvgIpc) is 3.04. The lowest BCUT2D eigenvalue weighted by Crippen LogP contribution is -2.21. The SMILES string of the molecule is C=CCOc1ccc(/C=C/C(=O)NCc2c(C)nn(-c3ccccc3)c2C)cc1. The van der Waals surface area contributed by atoms with Crippen LogP contribution in [0.5, 0.6) is 5.75 Å². The van der Waals surface area contributed by atoms with E-state index in [4.69, 9.17) is 4.74 Å². The quantitative estimate of drug-likeness (QED) is 0.461. The maximum absolute atomic E-state index is 12.2. The van der Waals surface area contributed by atoms with Crippen LogP contribution in [-0.4, -0.2) is 22.3 Å². The van der Waals surface area contributed by atoms with Crippen LogP contribution in [0.25, 0.3) is 11.8 Å². The van der Waals surface area contributed by atoms with Gasteiger partial charge in [-0.2, -0.15) is 5.10 Å². The third-order valence-corrected chi connectivity index (χ3v) is 4.56. The van der Waals surface area contributed by atoms with Gasteiger partial charge in [0, 0.05) is 23.9 Å². The molecule has 0 saturated heterocycles. The van der Waals surface area contributed by atoms with Crippen LogP contribution in [0.4, 0.5) is 0 Å². The summed E-state index contributed by atoms with van der Waals surface area (Å²) in [6.45, 7) is 8.50. The van der Waals surface area contributed by atoms with Gasteiger partial charge in [0.15, 0.2) is 0 Å². The standard InChI is InChI=1S/C24H25N3O2/c1-4-16-29-22-13-10-20(11-14-22)12-15-24(28)25-17-23-18(2)26-27(19(23)3)21-8-6-5-7-9-21/h4-15H,1,16-17H2,2-3H3,(H,25,28)/b15-12+. The summed E-state index contributed by atoms with van der Waals surface area (Å²) in [5, 5.41) is 7.55. The molecule has 0 radical (unpaired) electrons. The smallest absolute Gasteiger partial charge is 0.244 e. The van der Waals surface area contributed by atoms with Crippen molar-refractivity contribution >= 4 is 12.0 Å². The summed E-state index contributed by atoms with van der Waals surface area (Å²) in [7, 11) is 0. The van der Waals surface area contributed by atoms with E-state index in [1.807, 2.05) is 73.1 Å². The number of nitrogens with zero attached hydrogens (tertiary/aromatic N) is 2. The first-order valence-electron chi connectivity index (χ1n) is 9.48. The third-order valence-electron chi connectivity index (χ3n) is 4.56. The van der Waals surface area contributed by atoms with E-state index >= 15 is 0 Å². The lowest BCUT2D eigenvalue weighted by molar-refractivity contribution is -0.116. The molecule has 1 aromatic heterocycles. The number of amides is 1. The summed E-state index contributed by atoms with van der Waals surface area (Å²) < 4.78 is 7.36. The van der Waals surface area contributed by atoms with E-state index in [0.717, 1.165) is 34.0 Å². The van der Waals surface area contributed by atoms with Crippen molar-refractivity contribution in [1.82, 2.24) is 15.1 Å². The van der Waals surface area contributed by atoms with E-state index in [2.05, 4.69) is 17.0 Å². The van der Waals surface area contributed by atoms with E-state index < -0.39 is 0 Å². The second-order valence-corrected chi connectivity index (χ2v) is 6.62. The number of hydrogen-bond acceptors (Lipinski definition) is 3. The van der Waals surface area contributed by atoms with Crippen molar-refractivity contribution in [2.45, 2.75) is 20.4 Å². The highest BCUT2D eigenvalue weighted by atomic mass is 16.5. The third kappa shape index (κ3) is 5.23. The molecule has 0 saturated carbocycles. The van der Waals surface area contributed by atoms with Gasteiger partial charge in [0.05, 0.1) is 11.4 Å². The van der Waals surface area contributed by atoms with Crippen LogP contribution in [0.3, 0.4) is 0 Å². The molecular weight excluding hydrogens is 362 g/mol. The van der Waals surface area contributed by atoms with Gasteiger partial charge in [-0.25, -0.2) is 4.68 Å². The molecule has 29 heavy (non-hydrogen) atoms. The van der Waals surface area contributed by atoms with E-state index in [1.54, 1.807) is 12.2 Å². The number of aromatic nitrogens is 2. The van der Waals surface area contributed by atoms with Crippen LogP contribution in [0, 0.1) is 13.8 Å². The van der Waals surface area contributed by atoms with Gasteiger partial charge in [0.2, 0.25) is 5.91 Å². The average molecular weight is 387 g/mol. The first kappa shape index (κ1) is 20.1. The Labute approximate surface area is 171 Å². The highest BCUT2D eigenvalue weighted by molar-refractivity contribution is 5.91. The molecule has 0 atom stereocenters. The summed E-state index contributed by atoms with van der Waals surface area (Å²) in [5.74, 6) is 0.621. The molecule has 0 aliphatic heterocycles. The molecule has 0 unspecified atom stereocenters. The zero-order chi connectivity index (χ0) is 20.6. The number of carbonyl (C=O) groups excluding carboxylic acids is 1. The predicted molar refractivity (Wildman–Crippen MR) is 116 cm³/mol. The minimum Gasteiger partial charge on any atom is -0.490 e. The number of benzene rings is 2. The molecule has 0 bridgehead atoms. The molecule has 0 spiro atoms. The summed E-state index contributed by atoms with van der Waals surface area (Å²) >= 11 is 0. The monoisotopic (exact) mass is 387 g/mol. The molecule has 5 nitrogen and oxygen atoms in total. The zero-order valence-electron chi connectivity index (χ0n) is 16.8. The fourth-order valence-corrected chi connectivity index (χ4v) is 2.99. The van der Waals surface area contributed by atoms with Crippen LogP contribution in [0.15, 0.2) is 73.3 Å². The molecule has 3 rings (SSSR count). The van der Waals surface area contributed by atoms with Crippen LogP contribution >= 0.6 is 0 Å². The van der Waals surface area contributed by atoms with E-state index in [1.165, 1.54) is 6.08 Å². The fourth-order valence-electron chi connectivity index (χ4n) is 2.99. The summed E-state index contributed by atoms with van der Waals surface area (Å²) in [6.07, 6.45) is 5.01. The fraction of sp³-hybridized carbons (Fsp3) is 0.167. The van der Waals surface area contributed by atoms with Crippen molar-refractivity contribution < 1.29 is 9.53 Å². The summed E-state index contributed by atoms with van der Waals surface area (Å²) in [5.41, 5.74) is 4.89. The lowest BCUT2D eigenvalue weighted by Gasteiger charge is -2.06. The van der Waals surface area contributed by atoms with E-state index in [9.17, 15) is 4.79 Å². The molecule has 1 amide bonds. The van der Waals surface area contributed by atoms with Gasteiger partial charge in [-0.3, -0.25) is 4.79 Å². The largest absolute Gasteiger partial charge is 0.490 e. The zero-order valence-corrected chi connectivity index (χ0v) is 16.8. The first-order chi connectivity index (χ1) is 14.1. The van der Waals surface area contributed by atoms with E-state index in [0.29, 0.717) is 13.2 Å². The van der Waals surface area contributed by atoms with Crippen LogP contribution in [0.1, 0.15) is 22.5 Å². The molecule has 0 aliphatic carbocycles. The van der Waals surface area contributed by atoms with Crippen molar-refractivity contribution in [1.29, 1.82) is 0 Å². The molecule has 1 heterocycles. The highest BCUT2D eigenvalue weighted by Gasteiger charge is 2.13. The van der Waals surface area contributed by atoms with Gasteiger partial charge in [0.1, 0.15) is 12.4 Å². The Morgan fingerprint density at radius 2 is 1.86 bits per heavy atom. The number of ether oxygens (including phenoxy) is 1. The second-order valence-electron chi connectivity index (χ2n) is 6.62. The van der Waals surface area contributed by atoms with Crippen molar-refractivity contribution in [3.05, 3.63) is 95.8 Å². The highest BCUT2D eigenvalue weighted by Crippen LogP contribution is 2.18. The molecule has 148 valence electrons. The van der Waals surface area contributed by atoms with Gasteiger partial charge >= 0.3 is 0 Å². The van der Waals surface area contributed by atoms with E-state index in [-0.39, 0.29) is 5.91 Å². The van der Waals surface area contributed by atoms with Gasteiger partial charge in [-0.05, 0) is 49.8 Å². The molecule has 1 N–H and O–H groups in total.